The molecule has 0 saturated heterocycles. The number of anilines is 1. The topological polar surface area (TPSA) is 95.9 Å². The van der Waals surface area contributed by atoms with Crippen molar-refractivity contribution in [3.63, 3.8) is 0 Å². The molecule has 0 saturated carbocycles. The number of hydrogen-bond acceptors (Lipinski definition) is 4. The van der Waals surface area contributed by atoms with Gasteiger partial charge in [-0.05, 0) is 48.9 Å². The first kappa shape index (κ1) is 16.8. The molecular weight excluding hydrogens is 366 g/mol. The summed E-state index contributed by atoms with van der Waals surface area (Å²) in [4.78, 5) is 22.9. The van der Waals surface area contributed by atoms with Crippen LogP contribution in [0.5, 0.6) is 11.5 Å². The third-order valence-electron chi connectivity index (χ3n) is 3.00. The molecule has 3 N–H and O–H groups in total. The van der Waals surface area contributed by atoms with Gasteiger partial charge in [-0.2, -0.15) is 0 Å². The number of aromatic hydroxyl groups is 1. The average Bonchev–Trinajstić information content (AvgIpc) is 2.50. The maximum absolute atomic E-state index is 11.9. The van der Waals surface area contributed by atoms with Crippen molar-refractivity contribution in [2.24, 2.45) is 0 Å². The van der Waals surface area contributed by atoms with Gasteiger partial charge in [0.2, 0.25) is 0 Å². The summed E-state index contributed by atoms with van der Waals surface area (Å²) >= 11 is 3.30. The van der Waals surface area contributed by atoms with Crippen LogP contribution in [0.3, 0.4) is 0 Å². The van der Waals surface area contributed by atoms with Crippen molar-refractivity contribution < 1.29 is 24.5 Å². The number of phenols is 1. The molecule has 0 aliphatic heterocycles. The Morgan fingerprint density at radius 1 is 1.22 bits per heavy atom. The van der Waals surface area contributed by atoms with Gasteiger partial charge in [-0.15, -0.1) is 0 Å². The van der Waals surface area contributed by atoms with Crippen LogP contribution in [-0.2, 0) is 4.79 Å². The Labute approximate surface area is 140 Å². The van der Waals surface area contributed by atoms with E-state index in [4.69, 9.17) is 9.84 Å². The lowest BCUT2D eigenvalue weighted by Gasteiger charge is -2.10. The summed E-state index contributed by atoms with van der Waals surface area (Å²) in [7, 11) is 0. The predicted octanol–water partition coefficient (Wildman–Crippen LogP) is 3.18. The number of halogens is 1. The lowest BCUT2D eigenvalue weighted by Crippen LogP contribution is -2.20. The third-order valence-corrected chi connectivity index (χ3v) is 3.53. The summed E-state index contributed by atoms with van der Waals surface area (Å²) in [5.41, 5.74) is 0.366. The zero-order chi connectivity index (χ0) is 17.0. The Morgan fingerprint density at radius 2 is 1.87 bits per heavy atom. The normalized spacial score (nSPS) is 10.2. The summed E-state index contributed by atoms with van der Waals surface area (Å²) in [5.74, 6) is -1.49. The van der Waals surface area contributed by atoms with Crippen molar-refractivity contribution >= 4 is 33.5 Å². The van der Waals surface area contributed by atoms with Crippen LogP contribution in [0.25, 0.3) is 0 Å². The Kier molecular flexibility index (Phi) is 5.23. The molecule has 1 amide bonds. The summed E-state index contributed by atoms with van der Waals surface area (Å²) in [6.07, 6.45) is 0. The first-order valence-electron chi connectivity index (χ1n) is 6.62. The molecule has 0 bridgehead atoms. The number of aryl methyl sites for hydroxylation is 1. The van der Waals surface area contributed by atoms with E-state index in [2.05, 4.69) is 21.2 Å². The fraction of sp³-hybridized carbons (Fsp3) is 0.125. The van der Waals surface area contributed by atoms with E-state index in [9.17, 15) is 14.7 Å². The van der Waals surface area contributed by atoms with E-state index in [-0.39, 0.29) is 23.6 Å². The smallest absolute Gasteiger partial charge is 0.339 e. The number of carbonyl (C=O) groups excluding carboxylic acids is 1. The maximum atomic E-state index is 11.9. The molecule has 0 aliphatic carbocycles. The van der Waals surface area contributed by atoms with E-state index in [0.29, 0.717) is 11.3 Å². The second kappa shape index (κ2) is 7.15. The van der Waals surface area contributed by atoms with Crippen LogP contribution >= 0.6 is 15.9 Å². The van der Waals surface area contributed by atoms with Crippen molar-refractivity contribution in [3.8, 4) is 11.5 Å². The van der Waals surface area contributed by atoms with Gasteiger partial charge in [0.25, 0.3) is 5.91 Å². The minimum atomic E-state index is -1.27. The molecule has 2 rings (SSSR count). The Bertz CT molecular complexity index is 743. The highest BCUT2D eigenvalue weighted by Gasteiger charge is 2.14. The molecule has 23 heavy (non-hydrogen) atoms. The van der Waals surface area contributed by atoms with E-state index in [0.717, 1.165) is 4.47 Å². The van der Waals surface area contributed by atoms with Crippen LogP contribution in [0, 0.1) is 6.92 Å². The monoisotopic (exact) mass is 379 g/mol. The van der Waals surface area contributed by atoms with E-state index in [1.54, 1.807) is 31.2 Å². The first-order chi connectivity index (χ1) is 10.9. The number of rotatable bonds is 5. The molecule has 120 valence electrons. The molecule has 0 fully saturated rings. The zero-order valence-corrected chi connectivity index (χ0v) is 13.8. The average molecular weight is 380 g/mol. The highest BCUT2D eigenvalue weighted by molar-refractivity contribution is 9.10. The van der Waals surface area contributed by atoms with Crippen LogP contribution < -0.4 is 10.1 Å². The standard InChI is InChI=1S/C16H14BrNO5/c1-9-6-11(7-13(15(9)20)16(21)22)18-14(19)8-23-12-4-2-10(17)3-5-12/h2-7,20H,8H2,1H3,(H,18,19)(H,21,22). The van der Waals surface area contributed by atoms with E-state index < -0.39 is 11.9 Å². The minimum Gasteiger partial charge on any atom is -0.507 e. The second-order valence-electron chi connectivity index (χ2n) is 4.79. The van der Waals surface area contributed by atoms with Gasteiger partial charge in [-0.25, -0.2) is 4.79 Å². The van der Waals surface area contributed by atoms with E-state index >= 15 is 0 Å². The molecule has 2 aromatic rings. The van der Waals surface area contributed by atoms with Crippen molar-refractivity contribution in [2.45, 2.75) is 6.92 Å². The zero-order valence-electron chi connectivity index (χ0n) is 12.2. The quantitative estimate of drug-likeness (QED) is 0.693. The molecule has 0 radical (unpaired) electrons. The highest BCUT2D eigenvalue weighted by atomic mass is 79.9. The predicted molar refractivity (Wildman–Crippen MR) is 88.1 cm³/mol. The molecular formula is C16H14BrNO5. The summed E-state index contributed by atoms with van der Waals surface area (Å²) < 4.78 is 6.23. The lowest BCUT2D eigenvalue weighted by atomic mass is 10.1. The van der Waals surface area contributed by atoms with Crippen molar-refractivity contribution in [2.75, 3.05) is 11.9 Å². The summed E-state index contributed by atoms with van der Waals surface area (Å²) in [5, 5.41) is 21.2. The van der Waals surface area contributed by atoms with Crippen LogP contribution in [0.15, 0.2) is 40.9 Å². The van der Waals surface area contributed by atoms with Gasteiger partial charge in [-0.1, -0.05) is 15.9 Å². The number of nitrogens with one attached hydrogen (secondary N) is 1. The SMILES string of the molecule is Cc1cc(NC(=O)COc2ccc(Br)cc2)cc(C(=O)O)c1O. The Balaban J connectivity index is 2.02. The highest BCUT2D eigenvalue weighted by Crippen LogP contribution is 2.26. The molecule has 0 unspecified atom stereocenters. The van der Waals surface area contributed by atoms with Gasteiger partial charge in [0, 0.05) is 10.2 Å². The van der Waals surface area contributed by atoms with E-state index in [1.165, 1.54) is 12.1 Å². The minimum absolute atomic E-state index is 0.218. The van der Waals surface area contributed by atoms with Gasteiger partial charge in [0.1, 0.15) is 17.1 Å². The van der Waals surface area contributed by atoms with Crippen molar-refractivity contribution in [1.29, 1.82) is 0 Å². The number of amides is 1. The summed E-state index contributed by atoms with van der Waals surface area (Å²) in [6, 6.07) is 9.68. The van der Waals surface area contributed by atoms with Crippen LogP contribution in [0.4, 0.5) is 5.69 Å². The number of carboxylic acid groups (broad SMARTS) is 1. The number of ether oxygens (including phenoxy) is 1. The molecule has 2 aromatic carbocycles. The Morgan fingerprint density at radius 3 is 2.48 bits per heavy atom. The Hall–Kier alpha value is -2.54. The van der Waals surface area contributed by atoms with E-state index in [1.807, 2.05) is 0 Å². The second-order valence-corrected chi connectivity index (χ2v) is 5.70. The number of aromatic carboxylic acids is 1. The molecule has 0 atom stereocenters. The molecule has 0 heterocycles. The van der Waals surface area contributed by atoms with Crippen LogP contribution in [-0.4, -0.2) is 28.7 Å². The van der Waals surface area contributed by atoms with Gasteiger partial charge in [-0.3, -0.25) is 4.79 Å². The molecule has 0 aromatic heterocycles. The van der Waals surface area contributed by atoms with Gasteiger partial charge < -0.3 is 20.3 Å². The summed E-state index contributed by atoms with van der Waals surface area (Å²) in [6.45, 7) is 1.33. The largest absolute Gasteiger partial charge is 0.507 e. The number of carboxylic acids is 1. The maximum Gasteiger partial charge on any atom is 0.339 e. The van der Waals surface area contributed by atoms with Crippen molar-refractivity contribution in [3.05, 3.63) is 52.0 Å². The molecule has 0 spiro atoms. The molecule has 6 nitrogen and oxygen atoms in total. The number of benzene rings is 2. The van der Waals surface area contributed by atoms with Crippen LogP contribution in [0.1, 0.15) is 15.9 Å². The van der Waals surface area contributed by atoms with Crippen molar-refractivity contribution in [1.82, 2.24) is 0 Å². The lowest BCUT2D eigenvalue weighted by molar-refractivity contribution is -0.118. The fourth-order valence-corrected chi connectivity index (χ4v) is 2.16. The van der Waals surface area contributed by atoms with Crippen LogP contribution in [0.2, 0.25) is 0 Å². The third kappa shape index (κ3) is 4.46. The number of hydrogen-bond donors (Lipinski definition) is 3. The van der Waals surface area contributed by atoms with Gasteiger partial charge >= 0.3 is 5.97 Å². The van der Waals surface area contributed by atoms with Gasteiger partial charge in [0.05, 0.1) is 0 Å². The first-order valence-corrected chi connectivity index (χ1v) is 7.41. The molecule has 7 heteroatoms. The fourth-order valence-electron chi connectivity index (χ4n) is 1.89. The number of carbonyl (C=O) groups is 2. The molecule has 0 aliphatic rings. The van der Waals surface area contributed by atoms with Gasteiger partial charge in [0.15, 0.2) is 6.61 Å².